The minimum absolute atomic E-state index is 0. The second-order valence-electron chi connectivity index (χ2n) is 7.25. The summed E-state index contributed by atoms with van der Waals surface area (Å²) < 4.78 is 5.65. The Labute approximate surface area is 174 Å². The third-order valence-corrected chi connectivity index (χ3v) is 8.30. The van der Waals surface area contributed by atoms with Crippen molar-refractivity contribution in [2.24, 2.45) is 0 Å². The molecule has 0 bridgehead atoms. The topological polar surface area (TPSA) is 9.23 Å². The van der Waals surface area contributed by atoms with E-state index in [4.69, 9.17) is 10.8 Å². The van der Waals surface area contributed by atoms with E-state index < -0.39 is 8.32 Å². The molecule has 0 aliphatic heterocycles. The molecule has 0 spiro atoms. The van der Waals surface area contributed by atoms with Gasteiger partial charge in [-0.25, -0.2) is 0 Å². The minimum atomic E-state index is -1.57. The van der Waals surface area contributed by atoms with E-state index in [0.717, 1.165) is 0 Å². The second kappa shape index (κ2) is 25.8. The van der Waals surface area contributed by atoms with Crippen molar-refractivity contribution in [3.05, 3.63) is 0 Å². The van der Waals surface area contributed by atoms with E-state index in [9.17, 15) is 0 Å². The van der Waals surface area contributed by atoms with Gasteiger partial charge in [-0.1, -0.05) is 107 Å². The normalized spacial score (nSPS) is 9.58. The number of hydrogen-bond acceptors (Lipinski definition) is 1. The maximum atomic E-state index is 5.65. The van der Waals surface area contributed by atoms with E-state index in [-0.39, 0.29) is 28.9 Å². The Kier molecular flexibility index (Phi) is 38.2. The standard InChI is InChI=1S/C9H18OSi.3C4H10.Sn/c1-7-8-10-11(5,6)9(2,3)4;3*1-3-4-2;/h1H,8H2,2-6H3;3*3-4H2,1-2H3;. The van der Waals surface area contributed by atoms with E-state index in [1.54, 1.807) is 0 Å². The quantitative estimate of drug-likeness (QED) is 0.300. The average molecular weight is 463 g/mol. The van der Waals surface area contributed by atoms with Crippen molar-refractivity contribution in [2.45, 2.75) is 119 Å². The predicted molar refractivity (Wildman–Crippen MR) is 119 cm³/mol. The molecule has 1 nitrogen and oxygen atoms in total. The second-order valence-corrected chi connectivity index (χ2v) is 12.1. The first-order chi connectivity index (χ1) is 10.6. The van der Waals surface area contributed by atoms with Crippen LogP contribution in [0.2, 0.25) is 18.1 Å². The zero-order valence-electron chi connectivity index (χ0n) is 18.9. The number of unbranched alkanes of at least 4 members (excludes halogenated alkanes) is 3. The first-order valence-electron chi connectivity index (χ1n) is 9.63. The molecular formula is C21H48OSiSn. The molecule has 0 N–H and O–H groups in total. The zero-order valence-corrected chi connectivity index (χ0v) is 22.8. The fourth-order valence-corrected chi connectivity index (χ4v) is 1.32. The third kappa shape index (κ3) is 34.0. The molecule has 0 amide bonds. The first-order valence-corrected chi connectivity index (χ1v) is 12.5. The molecule has 0 aliphatic carbocycles. The number of hydrogen-bond donors (Lipinski definition) is 0. The van der Waals surface area contributed by atoms with Crippen LogP contribution < -0.4 is 0 Å². The van der Waals surface area contributed by atoms with Crippen LogP contribution in [-0.2, 0) is 4.43 Å². The molecule has 0 aromatic rings. The smallest absolute Gasteiger partial charge is 0.193 e. The van der Waals surface area contributed by atoms with Gasteiger partial charge in [0.2, 0.25) is 0 Å². The van der Waals surface area contributed by atoms with Gasteiger partial charge >= 0.3 is 0 Å². The molecule has 0 atom stereocenters. The molecule has 24 heavy (non-hydrogen) atoms. The zero-order chi connectivity index (χ0) is 19.4. The predicted octanol–water partition coefficient (Wildman–Crippen LogP) is 7.68. The Balaban J connectivity index is -0.0000000772. The Bertz CT molecular complexity index is 224. The number of terminal acetylenes is 1. The van der Waals surface area contributed by atoms with E-state index in [1.165, 1.54) is 38.5 Å². The van der Waals surface area contributed by atoms with Crippen LogP contribution in [0.25, 0.3) is 0 Å². The van der Waals surface area contributed by atoms with Crippen LogP contribution in [0.5, 0.6) is 0 Å². The minimum Gasteiger partial charge on any atom is -0.406 e. The molecule has 0 saturated carbocycles. The summed E-state index contributed by atoms with van der Waals surface area (Å²) in [5.41, 5.74) is 0. The molecule has 0 saturated heterocycles. The monoisotopic (exact) mass is 464 g/mol. The van der Waals surface area contributed by atoms with Crippen LogP contribution in [0.15, 0.2) is 0 Å². The van der Waals surface area contributed by atoms with Gasteiger partial charge in [0.1, 0.15) is 0 Å². The summed E-state index contributed by atoms with van der Waals surface area (Å²) in [4.78, 5) is 0. The van der Waals surface area contributed by atoms with Gasteiger partial charge in [0, 0.05) is 23.9 Å². The summed E-state index contributed by atoms with van der Waals surface area (Å²) in [6, 6.07) is 0. The van der Waals surface area contributed by atoms with Crippen molar-refractivity contribution in [3.8, 4) is 12.3 Å². The van der Waals surface area contributed by atoms with Gasteiger partial charge in [-0.05, 0) is 18.1 Å². The van der Waals surface area contributed by atoms with Crippen LogP contribution in [-0.4, -0.2) is 38.8 Å². The van der Waals surface area contributed by atoms with Gasteiger partial charge in [0.25, 0.3) is 0 Å². The summed E-state index contributed by atoms with van der Waals surface area (Å²) in [6.07, 6.45) is 13.0. The Morgan fingerprint density at radius 2 is 1.00 bits per heavy atom. The molecule has 146 valence electrons. The van der Waals surface area contributed by atoms with Crippen LogP contribution in [0.3, 0.4) is 0 Å². The summed E-state index contributed by atoms with van der Waals surface area (Å²) in [5.74, 6) is 2.51. The van der Waals surface area contributed by atoms with Crippen LogP contribution in [0, 0.1) is 12.3 Å². The summed E-state index contributed by atoms with van der Waals surface area (Å²) in [5, 5.41) is 0.268. The maximum absolute atomic E-state index is 5.65. The van der Waals surface area contributed by atoms with Gasteiger partial charge in [0.05, 0.1) is 6.61 Å². The van der Waals surface area contributed by atoms with Crippen molar-refractivity contribution in [2.75, 3.05) is 6.61 Å². The molecular weight excluding hydrogens is 415 g/mol. The van der Waals surface area contributed by atoms with Crippen molar-refractivity contribution in [1.82, 2.24) is 0 Å². The summed E-state index contributed by atoms with van der Waals surface area (Å²) in [7, 11) is -1.57. The maximum Gasteiger partial charge on any atom is 0.193 e. The van der Waals surface area contributed by atoms with Crippen molar-refractivity contribution in [1.29, 1.82) is 0 Å². The first kappa shape index (κ1) is 35.6. The summed E-state index contributed by atoms with van der Waals surface area (Å²) >= 11 is 0. The largest absolute Gasteiger partial charge is 0.406 e. The van der Waals surface area contributed by atoms with E-state index in [1.807, 2.05) is 0 Å². The Morgan fingerprint density at radius 3 is 1.12 bits per heavy atom. The molecule has 0 aliphatic rings. The molecule has 3 heteroatoms. The molecule has 0 heterocycles. The van der Waals surface area contributed by atoms with Crippen LogP contribution in [0.1, 0.15) is 101 Å². The average Bonchev–Trinajstić information content (AvgIpc) is 2.52. The summed E-state index contributed by atoms with van der Waals surface area (Å²) in [6.45, 7) is 24.5. The Hall–Kier alpha value is 0.536. The third-order valence-electron chi connectivity index (χ3n) is 3.82. The van der Waals surface area contributed by atoms with Crippen molar-refractivity contribution in [3.63, 3.8) is 0 Å². The molecule has 0 fully saturated rings. The van der Waals surface area contributed by atoms with Gasteiger partial charge in [-0.15, -0.1) is 6.42 Å². The SMILES string of the molecule is C#CCO[Si](C)(C)C(C)(C)C.CCCC.CCCC.CCCC.[Sn]. The van der Waals surface area contributed by atoms with Gasteiger partial charge in [-0.3, -0.25) is 0 Å². The molecule has 0 aromatic heterocycles. The van der Waals surface area contributed by atoms with Crippen LogP contribution >= 0.6 is 0 Å². The molecule has 0 rings (SSSR count). The van der Waals surface area contributed by atoms with Gasteiger partial charge < -0.3 is 4.43 Å². The molecule has 4 radical (unpaired) electrons. The van der Waals surface area contributed by atoms with E-state index in [0.29, 0.717) is 6.61 Å². The van der Waals surface area contributed by atoms with E-state index in [2.05, 4.69) is 81.3 Å². The van der Waals surface area contributed by atoms with E-state index >= 15 is 0 Å². The van der Waals surface area contributed by atoms with Crippen LogP contribution in [0.4, 0.5) is 0 Å². The molecule has 0 aromatic carbocycles. The van der Waals surface area contributed by atoms with Gasteiger partial charge in [-0.2, -0.15) is 0 Å². The number of rotatable bonds is 5. The fourth-order valence-electron chi connectivity index (χ4n) is 0.439. The van der Waals surface area contributed by atoms with Crippen molar-refractivity contribution >= 4 is 32.2 Å². The van der Waals surface area contributed by atoms with Crippen molar-refractivity contribution < 1.29 is 4.43 Å². The molecule has 0 unspecified atom stereocenters. The Morgan fingerprint density at radius 1 is 0.750 bits per heavy atom. The fraction of sp³-hybridized carbons (Fsp3) is 0.905. The van der Waals surface area contributed by atoms with Gasteiger partial charge in [0.15, 0.2) is 8.32 Å².